The summed E-state index contributed by atoms with van der Waals surface area (Å²) in [5, 5.41) is 8.63. The lowest BCUT2D eigenvalue weighted by Crippen LogP contribution is -2.52. The van der Waals surface area contributed by atoms with Crippen molar-refractivity contribution in [1.29, 1.82) is 0 Å². The van der Waals surface area contributed by atoms with Crippen LogP contribution in [-0.2, 0) is 13.0 Å². The molecule has 0 unspecified atom stereocenters. The van der Waals surface area contributed by atoms with E-state index in [1.54, 1.807) is 0 Å². The summed E-state index contributed by atoms with van der Waals surface area (Å²) in [5.41, 5.74) is 0. The maximum absolute atomic E-state index is 10.5. The molecule has 0 aliphatic carbocycles. The van der Waals surface area contributed by atoms with Crippen LogP contribution < -0.4 is 0 Å². The van der Waals surface area contributed by atoms with Crippen LogP contribution in [0.5, 0.6) is 0 Å². The van der Waals surface area contributed by atoms with Gasteiger partial charge in [-0.3, -0.25) is 4.79 Å². The summed E-state index contributed by atoms with van der Waals surface area (Å²) in [6.07, 6.45) is 13.6. The van der Waals surface area contributed by atoms with Gasteiger partial charge in [-0.05, 0) is 57.8 Å². The monoisotopic (exact) mass is 494 g/mol. The van der Waals surface area contributed by atoms with Gasteiger partial charge in [-0.25, -0.2) is 0 Å². The third-order valence-electron chi connectivity index (χ3n) is 5.35. The van der Waals surface area contributed by atoms with E-state index in [-0.39, 0.29) is 14.9 Å². The molecule has 0 aliphatic heterocycles. The summed E-state index contributed by atoms with van der Waals surface area (Å²) >= 11 is 0. The van der Waals surface area contributed by atoms with E-state index in [0.29, 0.717) is 6.42 Å². The molecule has 0 aromatic carbocycles. The zero-order chi connectivity index (χ0) is 22.4. The fourth-order valence-corrected chi connectivity index (χ4v) is 18.4. The van der Waals surface area contributed by atoms with Crippen LogP contribution in [0.25, 0.3) is 0 Å². The highest BCUT2D eigenvalue weighted by Gasteiger charge is 2.39. The van der Waals surface area contributed by atoms with Crippen LogP contribution in [-0.4, -0.2) is 36.3 Å². The average Bonchev–Trinajstić information content (AvgIpc) is 2.55. The molecule has 1 N–H and O–H groups in total. The molecule has 0 aliphatic rings. The lowest BCUT2D eigenvalue weighted by molar-refractivity contribution is -0.137. The van der Waals surface area contributed by atoms with Crippen LogP contribution in [0.2, 0.25) is 51.4 Å². The molecule has 0 aromatic rings. The van der Waals surface area contributed by atoms with Crippen molar-refractivity contribution in [3.8, 4) is 0 Å². The van der Waals surface area contributed by atoms with Gasteiger partial charge in [-0.2, -0.15) is 0 Å². The van der Waals surface area contributed by atoms with Gasteiger partial charge in [0.1, 0.15) is 0 Å². The van der Waals surface area contributed by atoms with Gasteiger partial charge in [0.05, 0.1) is 0 Å². The number of aliphatic carboxylic acids is 1. The third-order valence-corrected chi connectivity index (χ3v) is 16.8. The summed E-state index contributed by atoms with van der Waals surface area (Å²) in [7, 11) is -5.30. The predicted molar refractivity (Wildman–Crippen MR) is 146 cm³/mol. The quantitative estimate of drug-likeness (QED) is 0.144. The van der Waals surface area contributed by atoms with E-state index in [0.717, 1.165) is 12.8 Å². The molecule has 0 spiro atoms. The zero-order valence-corrected chi connectivity index (χ0v) is 23.6. The van der Waals surface area contributed by atoms with E-state index in [4.69, 9.17) is 13.3 Å². The first kappa shape index (κ1) is 35.6. The lowest BCUT2D eigenvalue weighted by atomic mass is 10.1. The van der Waals surface area contributed by atoms with Crippen LogP contribution in [0.4, 0.5) is 0 Å². The summed E-state index contributed by atoms with van der Waals surface area (Å²) in [4.78, 5) is 10.5. The van der Waals surface area contributed by atoms with Gasteiger partial charge in [0.25, 0.3) is 0 Å². The fourth-order valence-electron chi connectivity index (χ4n) is 4.12. The van der Waals surface area contributed by atoms with Crippen LogP contribution in [0.15, 0.2) is 0 Å². The number of hydrogen-bond acceptors (Lipinski definition) is 3. The first-order chi connectivity index (χ1) is 13.4. The molecule has 0 amide bonds. The third kappa shape index (κ3) is 23.0. The maximum atomic E-state index is 10.5. The number of carbonyl (C=O) groups is 1. The Morgan fingerprint density at radius 3 is 1.39 bits per heavy atom. The van der Waals surface area contributed by atoms with Crippen LogP contribution in [0.3, 0.4) is 0 Å². The molecule has 190 valence electrons. The highest BCUT2D eigenvalue weighted by molar-refractivity contribution is 6.87. The van der Waals surface area contributed by atoms with Crippen molar-refractivity contribution in [3.63, 3.8) is 0 Å². The smallest absolute Gasteiger partial charge is 0.311 e. The van der Waals surface area contributed by atoms with Crippen molar-refractivity contribution < 1.29 is 18.1 Å². The standard InChI is InChI=1S/C22H50O4Si3.2CH4/c1-8-9-20-27(2,3)25-29(6,7)26-28(4,5)21-18-16-14-12-10-11-13-15-17-19-22(23)24;;/h8-21H2,1-7H3,(H,23,24);2*1H4. The second-order valence-corrected chi connectivity index (χ2v) is 22.8. The van der Waals surface area contributed by atoms with E-state index >= 15 is 0 Å². The second-order valence-electron chi connectivity index (χ2n) is 10.3. The lowest BCUT2D eigenvalue weighted by Gasteiger charge is -2.38. The fraction of sp³-hybridized carbons (Fsp3) is 0.958. The second kappa shape index (κ2) is 18.5. The number of carboxylic acids is 1. The minimum absolute atomic E-state index is 0. The summed E-state index contributed by atoms with van der Waals surface area (Å²) < 4.78 is 13.3. The summed E-state index contributed by atoms with van der Waals surface area (Å²) in [5.74, 6) is -0.666. The van der Waals surface area contributed by atoms with Crippen molar-refractivity contribution in [2.75, 3.05) is 0 Å². The molecule has 7 heteroatoms. The molecule has 0 atom stereocenters. The molecular formula is C24H58O4Si3. The van der Waals surface area contributed by atoms with Crippen molar-refractivity contribution in [2.24, 2.45) is 0 Å². The molecule has 0 fully saturated rings. The van der Waals surface area contributed by atoms with Gasteiger partial charge in [0.15, 0.2) is 16.6 Å². The van der Waals surface area contributed by atoms with E-state index < -0.39 is 31.2 Å². The highest BCUT2D eigenvalue weighted by atomic mass is 28.5. The number of carboxylic acid groups (broad SMARTS) is 1. The Labute approximate surface area is 199 Å². The SMILES string of the molecule is C.C.CCCC[Si](C)(C)O[Si](C)(C)O[Si](C)(C)CCCCCCCCCCCC(=O)O. The molecule has 0 radical (unpaired) electrons. The molecule has 0 saturated carbocycles. The zero-order valence-electron chi connectivity index (χ0n) is 20.6. The van der Waals surface area contributed by atoms with Gasteiger partial charge in [-0.15, -0.1) is 0 Å². The largest absolute Gasteiger partial charge is 0.481 e. The topological polar surface area (TPSA) is 55.8 Å². The Bertz CT molecular complexity index is 441. The van der Waals surface area contributed by atoms with Crippen molar-refractivity contribution in [2.45, 2.75) is 150 Å². The van der Waals surface area contributed by atoms with Crippen LogP contribution in [0.1, 0.15) is 98.8 Å². The van der Waals surface area contributed by atoms with E-state index in [1.165, 1.54) is 69.9 Å². The first-order valence-electron chi connectivity index (χ1n) is 12.0. The highest BCUT2D eigenvalue weighted by Crippen LogP contribution is 2.27. The predicted octanol–water partition coefficient (Wildman–Crippen LogP) is 9.19. The van der Waals surface area contributed by atoms with Crippen molar-refractivity contribution >= 4 is 31.2 Å². The Hall–Kier alpha value is 0.0406. The number of unbranched alkanes of at least 4 members (excludes halogenated alkanes) is 9. The van der Waals surface area contributed by atoms with E-state index in [9.17, 15) is 4.79 Å². The minimum Gasteiger partial charge on any atom is -0.481 e. The van der Waals surface area contributed by atoms with Crippen molar-refractivity contribution in [1.82, 2.24) is 0 Å². The first-order valence-corrected chi connectivity index (χ1v) is 21.1. The summed E-state index contributed by atoms with van der Waals surface area (Å²) in [6.45, 7) is 16.2. The molecule has 31 heavy (non-hydrogen) atoms. The van der Waals surface area contributed by atoms with Crippen LogP contribution in [0, 0.1) is 0 Å². The molecule has 0 bridgehead atoms. The van der Waals surface area contributed by atoms with Gasteiger partial charge < -0.3 is 13.3 Å². The van der Waals surface area contributed by atoms with E-state index in [2.05, 4.69) is 46.2 Å². The average molecular weight is 495 g/mol. The molecule has 0 rings (SSSR count). The number of hydrogen-bond donors (Lipinski definition) is 1. The Kier molecular flexibility index (Phi) is 21.2. The van der Waals surface area contributed by atoms with Gasteiger partial charge >= 0.3 is 14.5 Å². The molecular weight excluding hydrogens is 437 g/mol. The Morgan fingerprint density at radius 2 is 1.00 bits per heavy atom. The van der Waals surface area contributed by atoms with Crippen LogP contribution >= 0.6 is 0 Å². The van der Waals surface area contributed by atoms with Gasteiger partial charge in [-0.1, -0.05) is 86.0 Å². The molecule has 0 heterocycles. The maximum Gasteiger partial charge on any atom is 0.311 e. The van der Waals surface area contributed by atoms with E-state index in [1.807, 2.05) is 0 Å². The molecule has 0 saturated heterocycles. The van der Waals surface area contributed by atoms with Gasteiger partial charge in [0, 0.05) is 6.42 Å². The molecule has 4 nitrogen and oxygen atoms in total. The van der Waals surface area contributed by atoms with Gasteiger partial charge in [0.2, 0.25) is 0 Å². The minimum atomic E-state index is -2.04. The number of rotatable bonds is 19. The molecule has 0 aromatic heterocycles. The Morgan fingerprint density at radius 1 is 0.645 bits per heavy atom. The normalized spacial score (nSPS) is 12.2. The summed E-state index contributed by atoms with van der Waals surface area (Å²) in [6, 6.07) is 2.48. The van der Waals surface area contributed by atoms with Crippen molar-refractivity contribution in [3.05, 3.63) is 0 Å². The Balaban J connectivity index is -0.00000392.